The van der Waals surface area contributed by atoms with Crippen LogP contribution in [0.25, 0.3) is 16.5 Å². The molecule has 0 bridgehead atoms. The van der Waals surface area contributed by atoms with Gasteiger partial charge in [0.2, 0.25) is 5.13 Å². The molecule has 0 radical (unpaired) electrons. The van der Waals surface area contributed by atoms with E-state index in [0.29, 0.717) is 33.8 Å². The summed E-state index contributed by atoms with van der Waals surface area (Å²) in [6.07, 6.45) is 1.80. The molecule has 1 atom stereocenters. The summed E-state index contributed by atoms with van der Waals surface area (Å²) in [6.45, 7) is 2.54. The van der Waals surface area contributed by atoms with E-state index in [9.17, 15) is 19.1 Å². The van der Waals surface area contributed by atoms with Crippen molar-refractivity contribution in [3.8, 4) is 17.2 Å². The average Bonchev–Trinajstić information content (AvgIpc) is 3.68. The van der Waals surface area contributed by atoms with Gasteiger partial charge in [0.25, 0.3) is 5.78 Å². The van der Waals surface area contributed by atoms with Crippen LogP contribution < -0.4 is 19.1 Å². The van der Waals surface area contributed by atoms with E-state index in [1.54, 1.807) is 18.2 Å². The Balaban J connectivity index is 1.40. The van der Waals surface area contributed by atoms with E-state index in [2.05, 4.69) is 41.4 Å². The third-order valence-corrected chi connectivity index (χ3v) is 10.1. The number of rotatable bonds is 12. The number of carbonyl (C=O) groups is 2. The monoisotopic (exact) mass is 685 g/mol. The molecule has 2 heterocycles. The van der Waals surface area contributed by atoms with Crippen molar-refractivity contribution in [2.24, 2.45) is 0 Å². The molecule has 4 aromatic carbocycles. The highest BCUT2D eigenvalue weighted by Crippen LogP contribution is 2.46. The van der Waals surface area contributed by atoms with E-state index in [4.69, 9.17) is 14.2 Å². The predicted octanol–water partition coefficient (Wildman–Crippen LogP) is 7.95. The van der Waals surface area contributed by atoms with Crippen LogP contribution in [0.2, 0.25) is 0 Å². The lowest BCUT2D eigenvalue weighted by molar-refractivity contribution is -0.132. The Hall–Kier alpha value is -4.94. The number of fused-ring (bicyclic) bond motifs is 1. The van der Waals surface area contributed by atoms with Crippen molar-refractivity contribution in [2.75, 3.05) is 25.7 Å². The fourth-order valence-corrected chi connectivity index (χ4v) is 7.40. The normalized spacial score (nSPS) is 15.7. The molecule has 0 saturated carbocycles. The molecule has 48 heavy (non-hydrogen) atoms. The van der Waals surface area contributed by atoms with Crippen LogP contribution in [0.5, 0.6) is 17.2 Å². The van der Waals surface area contributed by atoms with Gasteiger partial charge in [-0.2, -0.15) is 0 Å². The number of thioether (sulfide) groups is 1. The number of unbranched alkanes of at least 4 members (excludes halogenated alkanes) is 1. The van der Waals surface area contributed by atoms with Crippen molar-refractivity contribution in [3.63, 3.8) is 0 Å². The molecule has 5 aromatic rings. The Kier molecular flexibility index (Phi) is 9.93. The number of ether oxygens (including phenoxy) is 3. The van der Waals surface area contributed by atoms with Crippen LogP contribution in [0, 0.1) is 5.82 Å². The zero-order valence-electron chi connectivity index (χ0n) is 26.4. The first-order chi connectivity index (χ1) is 23.3. The minimum Gasteiger partial charge on any atom is -0.507 e. The highest BCUT2D eigenvalue weighted by Gasteiger charge is 2.48. The lowest BCUT2D eigenvalue weighted by atomic mass is 9.95. The fourth-order valence-electron chi connectivity index (χ4n) is 5.53. The van der Waals surface area contributed by atoms with Gasteiger partial charge in [-0.25, -0.2) is 4.39 Å². The third kappa shape index (κ3) is 6.45. The van der Waals surface area contributed by atoms with Gasteiger partial charge in [0.1, 0.15) is 5.76 Å². The minimum absolute atomic E-state index is 0.00591. The number of halogens is 1. The number of benzene rings is 4. The maximum absolute atomic E-state index is 14.7. The van der Waals surface area contributed by atoms with Crippen LogP contribution in [0.3, 0.4) is 0 Å². The highest BCUT2D eigenvalue weighted by molar-refractivity contribution is 8.00. The molecule has 6 rings (SSSR count). The molecular formula is C36H32FN3O6S2. The quantitative estimate of drug-likeness (QED) is 0.0349. The van der Waals surface area contributed by atoms with Crippen LogP contribution in [-0.2, 0) is 15.3 Å². The lowest BCUT2D eigenvalue weighted by Gasteiger charge is -2.23. The molecule has 1 aliphatic rings. The number of amides is 1. The van der Waals surface area contributed by atoms with Crippen LogP contribution in [-0.4, -0.2) is 47.8 Å². The van der Waals surface area contributed by atoms with E-state index in [-0.39, 0.29) is 22.0 Å². The van der Waals surface area contributed by atoms with Gasteiger partial charge in [-0.1, -0.05) is 85.0 Å². The summed E-state index contributed by atoms with van der Waals surface area (Å²) in [5, 5.41) is 22.6. The minimum atomic E-state index is -1.13. The predicted molar refractivity (Wildman–Crippen MR) is 185 cm³/mol. The molecule has 1 fully saturated rings. The number of Topliss-reactive ketones (excluding diaryl/α,β-unsaturated/α-hetero) is 1. The molecule has 1 aliphatic heterocycles. The second kappa shape index (κ2) is 14.4. The topological polar surface area (TPSA) is 111 Å². The molecule has 1 amide bonds. The van der Waals surface area contributed by atoms with Crippen LogP contribution in [0.1, 0.15) is 42.5 Å². The highest BCUT2D eigenvalue weighted by atomic mass is 32.2. The lowest BCUT2D eigenvalue weighted by Crippen LogP contribution is -2.29. The van der Waals surface area contributed by atoms with Gasteiger partial charge in [-0.15, -0.1) is 10.2 Å². The summed E-state index contributed by atoms with van der Waals surface area (Å²) < 4.78 is 31.8. The maximum atomic E-state index is 14.7. The summed E-state index contributed by atoms with van der Waals surface area (Å²) >= 11 is 2.62. The van der Waals surface area contributed by atoms with Gasteiger partial charge >= 0.3 is 5.91 Å². The van der Waals surface area contributed by atoms with E-state index >= 15 is 0 Å². The fraction of sp³-hybridized carbons (Fsp3) is 0.222. The summed E-state index contributed by atoms with van der Waals surface area (Å²) in [5.41, 5.74) is 1.35. The standard InChI is InChI=1S/C36H32FN3O6S2/c1-4-5-17-46-28-16-13-22(19-29(28)45-3)31-30(32(41)23-14-15-27(44-2)26(37)18-23)33(42)34(43)40(31)35-38-39-36(48-35)47-20-24-11-8-10-21-9-6-7-12-25(21)24/h6-16,18-19,31,41H,4-5,17,20H2,1-3H3. The number of hydrogen-bond donors (Lipinski definition) is 1. The van der Waals surface area contributed by atoms with Gasteiger partial charge in [0.15, 0.2) is 27.4 Å². The van der Waals surface area contributed by atoms with E-state index < -0.39 is 29.3 Å². The summed E-state index contributed by atoms with van der Waals surface area (Å²) in [6, 6.07) is 22.0. The maximum Gasteiger partial charge on any atom is 0.301 e. The summed E-state index contributed by atoms with van der Waals surface area (Å²) in [7, 11) is 2.82. The van der Waals surface area contributed by atoms with Crippen LogP contribution in [0.15, 0.2) is 88.8 Å². The van der Waals surface area contributed by atoms with E-state index in [0.717, 1.165) is 46.6 Å². The van der Waals surface area contributed by atoms with Gasteiger partial charge in [-0.05, 0) is 58.7 Å². The second-order valence-electron chi connectivity index (χ2n) is 10.9. The zero-order chi connectivity index (χ0) is 33.8. The molecule has 9 nitrogen and oxygen atoms in total. The Morgan fingerprint density at radius 3 is 2.50 bits per heavy atom. The third-order valence-electron chi connectivity index (χ3n) is 7.96. The average molecular weight is 686 g/mol. The Morgan fingerprint density at radius 1 is 0.958 bits per heavy atom. The Bertz CT molecular complexity index is 2030. The molecule has 1 aromatic heterocycles. The van der Waals surface area contributed by atoms with Gasteiger partial charge in [0, 0.05) is 11.3 Å². The zero-order valence-corrected chi connectivity index (χ0v) is 28.1. The number of ketones is 1. The molecule has 1 N–H and O–H groups in total. The van der Waals surface area contributed by atoms with Crippen molar-refractivity contribution in [3.05, 3.63) is 107 Å². The number of carbonyl (C=O) groups excluding carboxylic acids is 2. The number of methoxy groups -OCH3 is 2. The first-order valence-corrected chi connectivity index (χ1v) is 17.0. The molecule has 1 saturated heterocycles. The number of nitrogens with zero attached hydrogens (tertiary/aromatic N) is 3. The summed E-state index contributed by atoms with van der Waals surface area (Å²) in [5.74, 6) is -1.68. The van der Waals surface area contributed by atoms with Crippen molar-refractivity contribution in [1.29, 1.82) is 0 Å². The number of anilines is 1. The Morgan fingerprint density at radius 2 is 1.73 bits per heavy atom. The van der Waals surface area contributed by atoms with Crippen molar-refractivity contribution >= 4 is 56.5 Å². The van der Waals surface area contributed by atoms with Gasteiger partial charge in [-0.3, -0.25) is 14.5 Å². The second-order valence-corrected chi connectivity index (χ2v) is 13.1. The van der Waals surface area contributed by atoms with Gasteiger partial charge < -0.3 is 19.3 Å². The van der Waals surface area contributed by atoms with E-state index in [1.165, 1.54) is 43.0 Å². The molecule has 12 heteroatoms. The number of aliphatic hydroxyl groups is 1. The van der Waals surface area contributed by atoms with Crippen molar-refractivity contribution < 1.29 is 33.3 Å². The molecule has 0 spiro atoms. The van der Waals surface area contributed by atoms with Crippen LogP contribution >= 0.6 is 23.1 Å². The van der Waals surface area contributed by atoms with Crippen molar-refractivity contribution in [1.82, 2.24) is 10.2 Å². The molecular weight excluding hydrogens is 654 g/mol. The molecule has 0 aliphatic carbocycles. The smallest absolute Gasteiger partial charge is 0.301 e. The van der Waals surface area contributed by atoms with Crippen molar-refractivity contribution in [2.45, 2.75) is 35.9 Å². The molecule has 1 unspecified atom stereocenters. The number of hydrogen-bond acceptors (Lipinski definition) is 10. The summed E-state index contributed by atoms with van der Waals surface area (Å²) in [4.78, 5) is 28.7. The van der Waals surface area contributed by atoms with Gasteiger partial charge in [0.05, 0.1) is 32.4 Å². The van der Waals surface area contributed by atoms with Crippen LogP contribution in [0.4, 0.5) is 9.52 Å². The largest absolute Gasteiger partial charge is 0.507 e. The van der Waals surface area contributed by atoms with E-state index in [1.807, 2.05) is 18.2 Å². The SMILES string of the molecule is CCCCOc1ccc(C2C(=C(O)c3ccc(OC)c(F)c3)C(=O)C(=O)N2c2nnc(SCc3cccc4ccccc34)s2)cc1OC. The number of aromatic nitrogens is 2. The Labute approximate surface area is 285 Å². The number of aliphatic hydroxyl groups excluding tert-OH is 1. The first-order valence-electron chi connectivity index (χ1n) is 15.2. The molecule has 246 valence electrons. The first kappa shape index (κ1) is 33.0.